The van der Waals surface area contributed by atoms with Crippen molar-refractivity contribution in [2.75, 3.05) is 33.5 Å². The van der Waals surface area contributed by atoms with Crippen molar-refractivity contribution in [1.82, 2.24) is 29.6 Å². The van der Waals surface area contributed by atoms with Crippen molar-refractivity contribution in [2.45, 2.75) is 31.1 Å². The predicted molar refractivity (Wildman–Crippen MR) is 161 cm³/mol. The molecule has 2 aliphatic rings. The third-order valence-corrected chi connectivity index (χ3v) is 7.07. The van der Waals surface area contributed by atoms with Crippen LogP contribution in [0.25, 0.3) is 16.6 Å². The fraction of sp³-hybridized carbons (Fsp3) is 0.333. The number of fused-ring (bicyclic) bond motifs is 2. The van der Waals surface area contributed by atoms with Gasteiger partial charge in [-0.05, 0) is 48.5 Å². The third kappa shape index (κ3) is 12.2. The molecule has 2 aliphatic heterocycles. The van der Waals surface area contributed by atoms with Gasteiger partial charge in [-0.2, -0.15) is 39.5 Å². The van der Waals surface area contributed by atoms with Crippen LogP contribution in [0.1, 0.15) is 17.3 Å². The van der Waals surface area contributed by atoms with Crippen molar-refractivity contribution in [3.8, 4) is 22.6 Å². The van der Waals surface area contributed by atoms with Gasteiger partial charge in [0.1, 0.15) is 5.69 Å². The van der Waals surface area contributed by atoms with Gasteiger partial charge < -0.3 is 24.8 Å². The number of aliphatic carboxylic acids is 3. The molecule has 1 unspecified atom stereocenters. The van der Waals surface area contributed by atoms with Crippen LogP contribution in [-0.4, -0.2) is 115 Å². The number of aromatic nitrogens is 4. The summed E-state index contributed by atoms with van der Waals surface area (Å²) >= 11 is 0. The lowest BCUT2D eigenvalue weighted by Crippen LogP contribution is -2.46. The first kappa shape index (κ1) is 41.7. The fourth-order valence-electron chi connectivity index (χ4n) is 4.53. The number of carbonyl (C=O) groups is 3. The van der Waals surface area contributed by atoms with E-state index in [-0.39, 0.29) is 6.04 Å². The maximum Gasteiger partial charge on any atom is 0.490 e. The average Bonchev–Trinajstić information content (AvgIpc) is 3.72. The molecule has 0 aliphatic carbocycles. The van der Waals surface area contributed by atoms with Crippen LogP contribution in [0.4, 0.5) is 39.5 Å². The maximum atomic E-state index is 10.6. The maximum absolute atomic E-state index is 10.6. The Kier molecular flexibility index (Phi) is 13.5. The number of benzene rings is 1. The minimum atomic E-state index is -5.08. The van der Waals surface area contributed by atoms with Gasteiger partial charge in [-0.1, -0.05) is 17.3 Å². The number of hydrogen-bond acceptors (Lipinski definition) is 10. The molecule has 288 valence electrons. The molecule has 0 bridgehead atoms. The Balaban J connectivity index is 0.000000296. The van der Waals surface area contributed by atoms with E-state index in [1.54, 1.807) is 12.4 Å². The molecule has 1 aromatic carbocycles. The second kappa shape index (κ2) is 17.2. The van der Waals surface area contributed by atoms with Crippen LogP contribution in [0.2, 0.25) is 0 Å². The second-order valence-corrected chi connectivity index (χ2v) is 10.8. The molecule has 1 saturated heterocycles. The molecule has 3 N–H and O–H groups in total. The second-order valence-electron chi connectivity index (χ2n) is 10.8. The minimum Gasteiger partial charge on any atom is -0.475 e. The van der Waals surface area contributed by atoms with Crippen LogP contribution in [-0.2, 0) is 20.9 Å². The number of hydrogen-bond donors (Lipinski definition) is 3. The van der Waals surface area contributed by atoms with Gasteiger partial charge in [-0.15, -0.1) is 5.10 Å². The zero-order valence-corrected chi connectivity index (χ0v) is 26.9. The van der Waals surface area contributed by atoms with E-state index in [2.05, 4.69) is 56.4 Å². The normalized spacial score (nSPS) is 15.9. The minimum absolute atomic E-state index is 0.182. The smallest absolute Gasteiger partial charge is 0.475 e. The number of ether oxygens (including phenoxy) is 2. The van der Waals surface area contributed by atoms with E-state index in [9.17, 15) is 39.5 Å². The first-order valence-electron chi connectivity index (χ1n) is 14.5. The Bertz CT molecular complexity index is 1810. The van der Waals surface area contributed by atoms with E-state index in [1.807, 2.05) is 28.9 Å². The number of halogens is 9. The number of likely N-dealkylation sites (N-methyl/N-ethyl adjacent to an activating group) is 1. The largest absolute Gasteiger partial charge is 0.490 e. The Morgan fingerprint density at radius 1 is 0.774 bits per heavy atom. The third-order valence-electron chi connectivity index (χ3n) is 7.07. The van der Waals surface area contributed by atoms with Gasteiger partial charge in [-0.25, -0.2) is 18.9 Å². The monoisotopic (exact) mass is 770 g/mol. The lowest BCUT2D eigenvalue weighted by atomic mass is 10.1. The first-order chi connectivity index (χ1) is 24.6. The molecule has 14 nitrogen and oxygen atoms in total. The number of carboxylic acid groups (broad SMARTS) is 3. The molecular weight excluding hydrogens is 743 g/mol. The topological polar surface area (TPSA) is 180 Å². The predicted octanol–water partition coefficient (Wildman–Crippen LogP) is 4.91. The van der Waals surface area contributed by atoms with Crippen LogP contribution in [0.5, 0.6) is 11.5 Å². The molecule has 1 atom stereocenters. The van der Waals surface area contributed by atoms with Gasteiger partial charge in [0.05, 0.1) is 11.6 Å². The molecule has 0 spiro atoms. The van der Waals surface area contributed by atoms with Gasteiger partial charge in [0, 0.05) is 50.3 Å². The molecule has 5 heterocycles. The summed E-state index contributed by atoms with van der Waals surface area (Å²) < 4.78 is 108. The first-order valence-corrected chi connectivity index (χ1v) is 14.5. The van der Waals surface area contributed by atoms with E-state index < -0.39 is 36.4 Å². The number of piperazine rings is 1. The summed E-state index contributed by atoms with van der Waals surface area (Å²) in [6.45, 7) is 4.05. The van der Waals surface area contributed by atoms with Gasteiger partial charge in [0.2, 0.25) is 6.79 Å². The summed E-state index contributed by atoms with van der Waals surface area (Å²) in [5.41, 5.74) is 5.50. The molecule has 6 rings (SSSR count). The van der Waals surface area contributed by atoms with Crippen LogP contribution in [0.15, 0.2) is 61.1 Å². The highest BCUT2D eigenvalue weighted by molar-refractivity contribution is 5.73. The molecule has 23 heteroatoms. The van der Waals surface area contributed by atoms with E-state index in [1.165, 1.54) is 5.56 Å². The summed E-state index contributed by atoms with van der Waals surface area (Å²) in [5, 5.41) is 30.4. The molecule has 4 aromatic rings. The van der Waals surface area contributed by atoms with Crippen LogP contribution < -0.4 is 9.47 Å². The highest BCUT2D eigenvalue weighted by Crippen LogP contribution is 2.34. The number of rotatable bonds is 4. The van der Waals surface area contributed by atoms with E-state index in [0.29, 0.717) is 6.79 Å². The van der Waals surface area contributed by atoms with Crippen molar-refractivity contribution >= 4 is 23.4 Å². The van der Waals surface area contributed by atoms with Gasteiger partial charge in [0.25, 0.3) is 0 Å². The highest BCUT2D eigenvalue weighted by Gasteiger charge is 2.39. The molecule has 1 fully saturated rings. The molecular formula is C30H27F9N6O8. The Hall–Kier alpha value is -5.71. The molecule has 0 amide bonds. The van der Waals surface area contributed by atoms with Crippen molar-refractivity contribution < 1.29 is 78.7 Å². The molecule has 53 heavy (non-hydrogen) atoms. The fourth-order valence-corrected chi connectivity index (χ4v) is 4.53. The summed E-state index contributed by atoms with van der Waals surface area (Å²) in [6.07, 6.45) is -9.61. The van der Waals surface area contributed by atoms with E-state index in [4.69, 9.17) is 39.2 Å². The van der Waals surface area contributed by atoms with E-state index >= 15 is 0 Å². The van der Waals surface area contributed by atoms with Crippen molar-refractivity contribution in [3.63, 3.8) is 0 Å². The zero-order valence-electron chi connectivity index (χ0n) is 26.9. The zero-order chi connectivity index (χ0) is 39.7. The summed E-state index contributed by atoms with van der Waals surface area (Å²) in [7, 11) is 2.17. The van der Waals surface area contributed by atoms with E-state index in [0.717, 1.165) is 60.0 Å². The highest BCUT2D eigenvalue weighted by atomic mass is 19.4. The number of alkyl halides is 9. The van der Waals surface area contributed by atoms with Crippen LogP contribution in [0.3, 0.4) is 0 Å². The van der Waals surface area contributed by atoms with Gasteiger partial charge in [0.15, 0.2) is 11.5 Å². The van der Waals surface area contributed by atoms with Crippen molar-refractivity contribution in [1.29, 1.82) is 0 Å². The van der Waals surface area contributed by atoms with Crippen molar-refractivity contribution in [3.05, 3.63) is 72.3 Å². The molecule has 3 aromatic heterocycles. The van der Waals surface area contributed by atoms with Crippen LogP contribution in [0, 0.1) is 0 Å². The summed E-state index contributed by atoms with van der Waals surface area (Å²) in [6, 6.07) is 14.6. The summed E-state index contributed by atoms with van der Waals surface area (Å²) in [4.78, 5) is 35.6. The number of carboxylic acids is 3. The molecule has 0 saturated carbocycles. The molecule has 0 radical (unpaired) electrons. The van der Waals surface area contributed by atoms with Gasteiger partial charge in [-0.3, -0.25) is 14.8 Å². The Morgan fingerprint density at radius 2 is 1.32 bits per heavy atom. The van der Waals surface area contributed by atoms with Crippen LogP contribution >= 0.6 is 0 Å². The lowest BCUT2D eigenvalue weighted by Gasteiger charge is -2.38. The Labute approximate surface area is 291 Å². The SMILES string of the molecule is CN1CCN(Cc2ccc3c(c2)OCO3)CC1c1nnn2cc(-c3ccncc3)ccc12.O=C(O)C(F)(F)F.O=C(O)C(F)(F)F.O=C(O)C(F)(F)F. The summed E-state index contributed by atoms with van der Waals surface area (Å²) in [5.74, 6) is -6.61. The number of nitrogens with zero attached hydrogens (tertiary/aromatic N) is 6. The number of pyridine rings is 2. The standard InChI is InChI=1S/C24H24N6O2.3C2HF3O2/c1-28-10-11-29(13-17-2-5-22-23(12-17)32-16-31-22)15-21(28)24-20-4-3-19(14-30(20)27-26-24)18-6-8-25-9-7-18;3*3-2(4,5)1(6)7/h2-9,12,14,21H,10-11,13,15-16H2,1H3;3*(H,6,7). The lowest BCUT2D eigenvalue weighted by molar-refractivity contribution is -0.193. The Morgan fingerprint density at radius 3 is 1.87 bits per heavy atom. The van der Waals surface area contributed by atoms with Crippen molar-refractivity contribution in [2.24, 2.45) is 0 Å². The van der Waals surface area contributed by atoms with Gasteiger partial charge >= 0.3 is 36.4 Å². The average molecular weight is 771 g/mol. The quantitative estimate of drug-likeness (QED) is 0.239.